The fourth-order valence-electron chi connectivity index (χ4n) is 8.66. The zero-order valence-corrected chi connectivity index (χ0v) is 37.4. The van der Waals surface area contributed by atoms with Crippen LogP contribution in [0.25, 0.3) is 0 Å². The van der Waals surface area contributed by atoms with E-state index >= 15 is 0 Å². The second-order valence-corrected chi connectivity index (χ2v) is 15.4. The Balaban J connectivity index is 1.16. The number of ether oxygens (including phenoxy) is 8. The highest BCUT2D eigenvalue weighted by Crippen LogP contribution is 2.43. The SMILES string of the molecule is COc1ccc(CC2c3cc(OC)c(OC)cc3CCN2C(=O)Nc2ccc(C)c(NC(=O)N3CCc4cc(OC)c(OC)cc4C3Cc3ccc(OC)c(OC)c3)c2)cc1OC. The van der Waals surface area contributed by atoms with Gasteiger partial charge in [-0.25, -0.2) is 9.59 Å². The summed E-state index contributed by atoms with van der Waals surface area (Å²) in [6.45, 7) is 2.83. The van der Waals surface area contributed by atoms with Crippen LogP contribution in [0.15, 0.2) is 78.9 Å². The van der Waals surface area contributed by atoms with Crippen molar-refractivity contribution in [1.29, 1.82) is 0 Å². The highest BCUT2D eigenvalue weighted by atomic mass is 16.5. The van der Waals surface area contributed by atoms with Crippen molar-refractivity contribution in [1.82, 2.24) is 9.80 Å². The molecule has 2 unspecified atom stereocenters. The van der Waals surface area contributed by atoms with E-state index in [1.807, 2.05) is 89.5 Å². The Morgan fingerprint density at radius 3 is 1.32 bits per heavy atom. The number of amides is 4. The normalized spacial score (nSPS) is 15.3. The number of hydrogen-bond donors (Lipinski definition) is 2. The van der Waals surface area contributed by atoms with Crippen molar-refractivity contribution >= 4 is 23.4 Å². The molecule has 0 aliphatic carbocycles. The fourth-order valence-corrected chi connectivity index (χ4v) is 8.66. The molecule has 14 nitrogen and oxygen atoms in total. The van der Waals surface area contributed by atoms with E-state index in [-0.39, 0.29) is 24.1 Å². The molecule has 5 aromatic rings. The van der Waals surface area contributed by atoms with Crippen LogP contribution in [0.1, 0.15) is 51.0 Å². The number of rotatable bonds is 14. The quantitative estimate of drug-likeness (QED) is 0.111. The fraction of sp³-hybridized carbons (Fsp3) is 0.347. The van der Waals surface area contributed by atoms with Gasteiger partial charge in [-0.1, -0.05) is 18.2 Å². The number of carbonyl (C=O) groups is 2. The van der Waals surface area contributed by atoms with Gasteiger partial charge in [0.2, 0.25) is 0 Å². The van der Waals surface area contributed by atoms with Crippen molar-refractivity contribution < 1.29 is 47.5 Å². The first-order chi connectivity index (χ1) is 30.6. The molecular formula is C49H56N4O10. The molecule has 2 N–H and O–H groups in total. The summed E-state index contributed by atoms with van der Waals surface area (Å²) < 4.78 is 44.9. The lowest BCUT2D eigenvalue weighted by Gasteiger charge is -2.38. The molecule has 63 heavy (non-hydrogen) atoms. The molecule has 5 aromatic carbocycles. The van der Waals surface area contributed by atoms with Crippen LogP contribution in [0.5, 0.6) is 46.0 Å². The van der Waals surface area contributed by atoms with Crippen molar-refractivity contribution in [2.45, 2.75) is 44.7 Å². The average Bonchev–Trinajstić information content (AvgIpc) is 3.31. The standard InChI is InChI=1S/C49H56N4O10/c1-29-10-13-34(50-48(54)52-18-16-32-24-44(60-6)46(62-8)27-35(32)38(52)20-30-11-14-40(56-2)42(22-30)58-4)26-37(29)51-49(55)53-19-17-33-25-45(61-7)47(63-9)28-36(33)39(53)21-31-12-15-41(57-3)43(23-31)59-5/h10-15,22-28,38-39H,16-21H2,1-9H3,(H,50,54)(H,51,55). The van der Waals surface area contributed by atoms with Gasteiger partial charge in [0.1, 0.15) is 0 Å². The largest absolute Gasteiger partial charge is 0.493 e. The maximum Gasteiger partial charge on any atom is 0.322 e. The minimum Gasteiger partial charge on any atom is -0.493 e. The highest BCUT2D eigenvalue weighted by Gasteiger charge is 2.35. The summed E-state index contributed by atoms with van der Waals surface area (Å²) in [6.07, 6.45) is 2.21. The molecule has 0 aromatic heterocycles. The van der Waals surface area contributed by atoms with Gasteiger partial charge in [0, 0.05) is 24.5 Å². The number of carbonyl (C=O) groups excluding carboxylic acids is 2. The second kappa shape index (κ2) is 19.4. The van der Waals surface area contributed by atoms with Crippen molar-refractivity contribution in [3.63, 3.8) is 0 Å². The van der Waals surface area contributed by atoms with Crippen LogP contribution < -0.4 is 48.5 Å². The predicted molar refractivity (Wildman–Crippen MR) is 241 cm³/mol. The number of urea groups is 2. The molecule has 0 bridgehead atoms. The van der Waals surface area contributed by atoms with Gasteiger partial charge in [-0.2, -0.15) is 0 Å². The van der Waals surface area contributed by atoms with Crippen LogP contribution in [0, 0.1) is 6.92 Å². The van der Waals surface area contributed by atoms with Crippen molar-refractivity contribution in [3.05, 3.63) is 118 Å². The lowest BCUT2D eigenvalue weighted by atomic mass is 9.88. The van der Waals surface area contributed by atoms with Gasteiger partial charge in [0.05, 0.1) is 69.0 Å². The number of nitrogens with zero attached hydrogens (tertiary/aromatic N) is 2. The summed E-state index contributed by atoms with van der Waals surface area (Å²) in [5.74, 6) is 4.87. The van der Waals surface area contributed by atoms with Gasteiger partial charge in [-0.15, -0.1) is 0 Å². The first-order valence-corrected chi connectivity index (χ1v) is 20.7. The summed E-state index contributed by atoms with van der Waals surface area (Å²) >= 11 is 0. The first kappa shape index (κ1) is 44.1. The Bertz CT molecular complexity index is 2470. The number of methoxy groups -OCH3 is 8. The Hall–Kier alpha value is -6.96. The van der Waals surface area contributed by atoms with E-state index in [1.165, 1.54) is 0 Å². The zero-order valence-electron chi connectivity index (χ0n) is 37.4. The third kappa shape index (κ3) is 9.16. The summed E-state index contributed by atoms with van der Waals surface area (Å²) in [4.78, 5) is 32.7. The topological polar surface area (TPSA) is 139 Å². The van der Waals surface area contributed by atoms with E-state index in [4.69, 9.17) is 37.9 Å². The molecule has 0 saturated carbocycles. The molecule has 7 rings (SSSR count). The van der Waals surface area contributed by atoms with Gasteiger partial charge >= 0.3 is 12.1 Å². The number of nitrogens with one attached hydrogen (secondary N) is 2. The minimum absolute atomic E-state index is 0.278. The Kier molecular flexibility index (Phi) is 13.6. The third-order valence-electron chi connectivity index (χ3n) is 12.0. The molecule has 0 spiro atoms. The third-order valence-corrected chi connectivity index (χ3v) is 12.0. The summed E-state index contributed by atoms with van der Waals surface area (Å²) in [5, 5.41) is 6.33. The van der Waals surface area contributed by atoms with Crippen molar-refractivity contribution in [2.24, 2.45) is 0 Å². The zero-order chi connectivity index (χ0) is 44.8. The Labute approximate surface area is 368 Å². The molecule has 2 aliphatic rings. The number of benzene rings is 5. The molecule has 2 aliphatic heterocycles. The van der Waals surface area contributed by atoms with E-state index in [0.717, 1.165) is 38.9 Å². The lowest BCUT2D eigenvalue weighted by Crippen LogP contribution is -2.43. The maximum atomic E-state index is 14.5. The van der Waals surface area contributed by atoms with Crippen LogP contribution in [-0.2, 0) is 25.7 Å². The summed E-state index contributed by atoms with van der Waals surface area (Å²) in [6, 6.07) is 23.7. The van der Waals surface area contributed by atoms with Crippen LogP contribution in [-0.4, -0.2) is 91.8 Å². The molecule has 4 amide bonds. The van der Waals surface area contributed by atoms with Gasteiger partial charge in [-0.05, 0) is 132 Å². The lowest BCUT2D eigenvalue weighted by molar-refractivity contribution is 0.181. The van der Waals surface area contributed by atoms with Crippen molar-refractivity contribution in [2.75, 3.05) is 80.6 Å². The van der Waals surface area contributed by atoms with Crippen LogP contribution in [0.2, 0.25) is 0 Å². The molecule has 0 fully saturated rings. The molecular weight excluding hydrogens is 805 g/mol. The smallest absolute Gasteiger partial charge is 0.322 e. The summed E-state index contributed by atoms with van der Waals surface area (Å²) in [5.41, 5.74) is 7.93. The molecule has 0 radical (unpaired) electrons. The molecule has 2 atom stereocenters. The second-order valence-electron chi connectivity index (χ2n) is 15.4. The maximum absolute atomic E-state index is 14.5. The van der Waals surface area contributed by atoms with Crippen LogP contribution in [0.4, 0.5) is 21.0 Å². The molecule has 14 heteroatoms. The van der Waals surface area contributed by atoms with E-state index in [2.05, 4.69) is 10.6 Å². The summed E-state index contributed by atoms with van der Waals surface area (Å²) in [7, 11) is 12.8. The highest BCUT2D eigenvalue weighted by molar-refractivity contribution is 5.94. The predicted octanol–water partition coefficient (Wildman–Crippen LogP) is 8.81. The van der Waals surface area contributed by atoms with Crippen LogP contribution in [0.3, 0.4) is 0 Å². The molecule has 332 valence electrons. The first-order valence-electron chi connectivity index (χ1n) is 20.7. The number of hydrogen-bond acceptors (Lipinski definition) is 10. The van der Waals surface area contributed by atoms with Gasteiger partial charge < -0.3 is 58.3 Å². The monoisotopic (exact) mass is 860 g/mol. The van der Waals surface area contributed by atoms with Crippen LogP contribution >= 0.6 is 0 Å². The Morgan fingerprint density at radius 1 is 0.492 bits per heavy atom. The Morgan fingerprint density at radius 2 is 0.889 bits per heavy atom. The van der Waals surface area contributed by atoms with Gasteiger partial charge in [-0.3, -0.25) is 0 Å². The van der Waals surface area contributed by atoms with E-state index in [9.17, 15) is 9.59 Å². The van der Waals surface area contributed by atoms with E-state index in [1.54, 1.807) is 62.9 Å². The minimum atomic E-state index is -0.363. The van der Waals surface area contributed by atoms with Crippen molar-refractivity contribution in [3.8, 4) is 46.0 Å². The average molecular weight is 861 g/mol. The van der Waals surface area contributed by atoms with E-state index < -0.39 is 0 Å². The van der Waals surface area contributed by atoms with Gasteiger partial charge in [0.25, 0.3) is 0 Å². The number of anilines is 2. The number of aryl methyl sites for hydroxylation is 1. The number of fused-ring (bicyclic) bond motifs is 2. The molecule has 0 saturated heterocycles. The van der Waals surface area contributed by atoms with E-state index in [0.29, 0.717) is 96.1 Å². The van der Waals surface area contributed by atoms with Gasteiger partial charge in [0.15, 0.2) is 46.0 Å². The molecule has 2 heterocycles.